The highest BCUT2D eigenvalue weighted by Crippen LogP contribution is 2.26. The zero-order valence-corrected chi connectivity index (χ0v) is 15.6. The topological polar surface area (TPSA) is 150 Å². The summed E-state index contributed by atoms with van der Waals surface area (Å²) in [6.45, 7) is 3.54. The lowest BCUT2D eigenvalue weighted by Crippen LogP contribution is -2.24. The van der Waals surface area contributed by atoms with Crippen molar-refractivity contribution in [1.29, 1.82) is 0 Å². The first-order chi connectivity index (χ1) is 12.3. The molecular weight excluding hydrogens is 378 g/mol. The molecule has 0 aliphatic heterocycles. The average Bonchev–Trinajstić information content (AvgIpc) is 3.03. The molecule has 0 fully saturated rings. The zero-order chi connectivity index (χ0) is 19.3. The fourth-order valence-corrected chi connectivity index (χ4v) is 3.37. The van der Waals surface area contributed by atoms with Gasteiger partial charge in [-0.15, -0.1) is 11.3 Å². The van der Waals surface area contributed by atoms with Gasteiger partial charge in [-0.1, -0.05) is 11.8 Å². The molecule has 1 atom stereocenters. The number of hydrogen-bond acceptors (Lipinski definition) is 9. The van der Waals surface area contributed by atoms with E-state index in [2.05, 4.69) is 15.3 Å². The number of thioether (sulfide) groups is 1. The van der Waals surface area contributed by atoms with E-state index in [1.165, 1.54) is 17.5 Å². The van der Waals surface area contributed by atoms with Crippen molar-refractivity contribution in [2.24, 2.45) is 5.73 Å². The Kier molecular flexibility index (Phi) is 6.52. The number of nitrogen functional groups attached to an aromatic ring is 1. The Morgan fingerprint density at radius 1 is 1.38 bits per heavy atom. The molecule has 9 nitrogen and oxygen atoms in total. The highest BCUT2D eigenvalue weighted by atomic mass is 32.2. The number of carbonyl (C=O) groups is 3. The Morgan fingerprint density at radius 3 is 2.73 bits per heavy atom. The summed E-state index contributed by atoms with van der Waals surface area (Å²) in [5.41, 5.74) is 11.3. The van der Waals surface area contributed by atoms with Crippen LogP contribution in [-0.4, -0.2) is 39.6 Å². The highest BCUT2D eigenvalue weighted by molar-refractivity contribution is 8.00. The summed E-state index contributed by atoms with van der Waals surface area (Å²) in [6.07, 6.45) is 1.26. The Labute approximate surface area is 157 Å². The smallest absolute Gasteiger partial charge is 0.343 e. The fraction of sp³-hybridized carbons (Fsp3) is 0.267. The maximum Gasteiger partial charge on any atom is 0.343 e. The van der Waals surface area contributed by atoms with E-state index < -0.39 is 17.1 Å². The third-order valence-corrected chi connectivity index (χ3v) is 4.92. The summed E-state index contributed by atoms with van der Waals surface area (Å²) in [7, 11) is 0. The molecule has 0 aliphatic carbocycles. The summed E-state index contributed by atoms with van der Waals surface area (Å²) in [6, 6.07) is 1.54. The van der Waals surface area contributed by atoms with Crippen molar-refractivity contribution >= 4 is 51.7 Å². The van der Waals surface area contributed by atoms with Gasteiger partial charge in [0, 0.05) is 6.20 Å². The Balaban J connectivity index is 2.04. The summed E-state index contributed by atoms with van der Waals surface area (Å²) in [5.74, 6) is -1.60. The van der Waals surface area contributed by atoms with Gasteiger partial charge < -0.3 is 21.5 Å². The molecule has 0 spiro atoms. The quantitative estimate of drug-likeness (QED) is 0.363. The number of hydrogen-bond donors (Lipinski definition) is 3. The molecule has 0 saturated heterocycles. The summed E-state index contributed by atoms with van der Waals surface area (Å²) < 4.78 is 4.85. The highest BCUT2D eigenvalue weighted by Gasteiger charge is 2.21. The molecule has 2 amide bonds. The van der Waals surface area contributed by atoms with Crippen molar-refractivity contribution in [2.45, 2.75) is 24.3 Å². The lowest BCUT2D eigenvalue weighted by atomic mass is 10.3. The standard InChI is InChI=1S/C15H17N5O4S2/c1-3-24-14(23)9-6-18-15(19-10(9)16)26-7(2)12(22)20-13-8(11(17)21)4-5-25-13/h4-7H,3H2,1-2H3,(H2,17,21)(H,20,22)(H2,16,18,19)/t7-/m0/s1. The molecule has 26 heavy (non-hydrogen) atoms. The van der Waals surface area contributed by atoms with E-state index in [9.17, 15) is 14.4 Å². The number of aromatic nitrogens is 2. The molecule has 0 unspecified atom stereocenters. The molecule has 0 bridgehead atoms. The van der Waals surface area contributed by atoms with Gasteiger partial charge in [-0.2, -0.15) is 0 Å². The van der Waals surface area contributed by atoms with Gasteiger partial charge in [-0.3, -0.25) is 9.59 Å². The van der Waals surface area contributed by atoms with E-state index in [1.54, 1.807) is 25.3 Å². The number of nitrogens with one attached hydrogen (secondary N) is 1. The third kappa shape index (κ3) is 4.70. The molecule has 11 heteroatoms. The summed E-state index contributed by atoms with van der Waals surface area (Å²) in [4.78, 5) is 43.3. The van der Waals surface area contributed by atoms with Gasteiger partial charge in [-0.25, -0.2) is 14.8 Å². The van der Waals surface area contributed by atoms with Crippen LogP contribution in [0, 0.1) is 0 Å². The largest absolute Gasteiger partial charge is 0.462 e. The maximum absolute atomic E-state index is 12.3. The van der Waals surface area contributed by atoms with Crippen LogP contribution in [0.5, 0.6) is 0 Å². The second kappa shape index (κ2) is 8.63. The fourth-order valence-electron chi connectivity index (χ4n) is 1.83. The Bertz CT molecular complexity index is 839. The number of esters is 1. The summed E-state index contributed by atoms with van der Waals surface area (Å²) in [5, 5.41) is 4.35. The van der Waals surface area contributed by atoms with E-state index in [4.69, 9.17) is 16.2 Å². The molecule has 138 valence electrons. The van der Waals surface area contributed by atoms with Gasteiger partial charge in [-0.05, 0) is 25.3 Å². The van der Waals surface area contributed by atoms with Crippen molar-refractivity contribution < 1.29 is 19.1 Å². The predicted molar refractivity (Wildman–Crippen MR) is 99.2 cm³/mol. The van der Waals surface area contributed by atoms with Gasteiger partial charge in [0.1, 0.15) is 16.4 Å². The van der Waals surface area contributed by atoms with Crippen LogP contribution in [-0.2, 0) is 9.53 Å². The first-order valence-electron chi connectivity index (χ1n) is 7.48. The van der Waals surface area contributed by atoms with Crippen LogP contribution >= 0.6 is 23.1 Å². The van der Waals surface area contributed by atoms with E-state index in [-0.39, 0.29) is 34.6 Å². The molecule has 0 aliphatic rings. The number of nitrogens with zero attached hydrogens (tertiary/aromatic N) is 2. The third-order valence-electron chi connectivity index (χ3n) is 3.11. The van der Waals surface area contributed by atoms with E-state index >= 15 is 0 Å². The zero-order valence-electron chi connectivity index (χ0n) is 14.0. The van der Waals surface area contributed by atoms with Gasteiger partial charge in [0.05, 0.1) is 17.4 Å². The predicted octanol–water partition coefficient (Wildman–Crippen LogP) is 1.52. The molecule has 5 N–H and O–H groups in total. The van der Waals surface area contributed by atoms with Gasteiger partial charge >= 0.3 is 5.97 Å². The van der Waals surface area contributed by atoms with Crippen LogP contribution in [0.4, 0.5) is 10.8 Å². The van der Waals surface area contributed by atoms with Crippen molar-refractivity contribution in [2.75, 3.05) is 17.7 Å². The van der Waals surface area contributed by atoms with Crippen molar-refractivity contribution in [3.05, 3.63) is 28.8 Å². The molecule has 2 aromatic heterocycles. The number of primary amides is 1. The van der Waals surface area contributed by atoms with Gasteiger partial charge in [0.15, 0.2) is 5.16 Å². The maximum atomic E-state index is 12.3. The van der Waals surface area contributed by atoms with Crippen LogP contribution in [0.15, 0.2) is 22.8 Å². The number of amides is 2. The van der Waals surface area contributed by atoms with Crippen LogP contribution in [0.25, 0.3) is 0 Å². The van der Waals surface area contributed by atoms with Gasteiger partial charge in [0.25, 0.3) is 5.91 Å². The number of thiophene rings is 1. The molecule has 0 radical (unpaired) electrons. The number of ether oxygens (including phenoxy) is 1. The molecule has 0 saturated carbocycles. The van der Waals surface area contributed by atoms with Gasteiger partial charge in [0.2, 0.25) is 5.91 Å². The van der Waals surface area contributed by atoms with Crippen molar-refractivity contribution in [3.63, 3.8) is 0 Å². The van der Waals surface area contributed by atoms with E-state index in [1.807, 2.05) is 0 Å². The van der Waals surface area contributed by atoms with Crippen molar-refractivity contribution in [3.8, 4) is 0 Å². The number of rotatable bonds is 7. The first kappa shape index (κ1) is 19.7. The Hall–Kier alpha value is -2.66. The van der Waals surface area contributed by atoms with Crippen molar-refractivity contribution in [1.82, 2.24) is 9.97 Å². The van der Waals surface area contributed by atoms with Crippen LogP contribution in [0.2, 0.25) is 0 Å². The second-order valence-corrected chi connectivity index (χ2v) is 7.17. The average molecular weight is 395 g/mol. The molecule has 0 aromatic carbocycles. The Morgan fingerprint density at radius 2 is 2.12 bits per heavy atom. The van der Waals surface area contributed by atoms with Crippen LogP contribution in [0.3, 0.4) is 0 Å². The minimum absolute atomic E-state index is 0.0252. The first-order valence-corrected chi connectivity index (χ1v) is 9.23. The van der Waals surface area contributed by atoms with Crippen LogP contribution in [0.1, 0.15) is 34.6 Å². The molecule has 2 heterocycles. The number of carbonyl (C=O) groups excluding carboxylic acids is 3. The monoisotopic (exact) mass is 395 g/mol. The minimum atomic E-state index is -0.618. The second-order valence-electron chi connectivity index (χ2n) is 4.95. The van der Waals surface area contributed by atoms with E-state index in [0.29, 0.717) is 5.00 Å². The SMILES string of the molecule is CCOC(=O)c1cnc(S[C@@H](C)C(=O)Nc2sccc2C(N)=O)nc1N. The lowest BCUT2D eigenvalue weighted by Gasteiger charge is -2.11. The molecule has 2 aromatic rings. The lowest BCUT2D eigenvalue weighted by molar-refractivity contribution is -0.115. The number of anilines is 2. The molecular formula is C15H17N5O4S2. The number of nitrogens with two attached hydrogens (primary N) is 2. The summed E-state index contributed by atoms with van der Waals surface area (Å²) >= 11 is 2.26. The van der Waals surface area contributed by atoms with E-state index in [0.717, 1.165) is 11.8 Å². The minimum Gasteiger partial charge on any atom is -0.462 e. The normalized spacial score (nSPS) is 11.6. The molecule has 2 rings (SSSR count). The van der Waals surface area contributed by atoms with Crippen LogP contribution < -0.4 is 16.8 Å².